The molecule has 38 N–H and O–H groups in total. The lowest BCUT2D eigenvalue weighted by atomic mass is 9.95. The third-order valence-electron chi connectivity index (χ3n) is 25.1. The fourth-order valence-electron chi connectivity index (χ4n) is 17.4. The van der Waals surface area contributed by atoms with Crippen LogP contribution in [0.4, 0.5) is 0 Å². The van der Waals surface area contributed by atoms with Gasteiger partial charge >= 0.3 is 0 Å². The molecule has 1 unspecified atom stereocenters. The van der Waals surface area contributed by atoms with Crippen molar-refractivity contribution in [2.45, 2.75) is 368 Å². The van der Waals surface area contributed by atoms with Crippen LogP contribution in [0, 0.1) is 0 Å². The molecule has 133 heavy (non-hydrogen) atoms. The average molecular weight is 1960 g/mol. The summed E-state index contributed by atoms with van der Waals surface area (Å²) in [7, 11) is 0. The molecule has 12 fully saturated rings. The van der Waals surface area contributed by atoms with E-state index in [1.54, 1.807) is 0 Å². The van der Waals surface area contributed by atoms with Crippen molar-refractivity contribution in [1.29, 1.82) is 0 Å². The van der Waals surface area contributed by atoms with Crippen LogP contribution in [0.2, 0.25) is 0 Å². The number of aliphatic hydroxyl groups is 38. The average Bonchev–Trinajstić information content (AvgIpc) is 0.771. The van der Waals surface area contributed by atoms with Crippen LogP contribution in [0.3, 0.4) is 0 Å². The molecule has 0 aliphatic carbocycles. The highest BCUT2D eigenvalue weighted by molar-refractivity contribution is 5.05. The molecule has 0 aromatic rings. The molecule has 0 aromatic heterocycles. The topological polar surface area (TPSA) is 981 Å². The summed E-state index contributed by atoms with van der Waals surface area (Å²) in [4.78, 5) is 0. The van der Waals surface area contributed by atoms with Gasteiger partial charge in [-0.3, -0.25) is 0 Å². The third-order valence-corrected chi connectivity index (χ3v) is 25.1. The van der Waals surface area contributed by atoms with Gasteiger partial charge in [-0.15, -0.1) is 0 Å². The Morgan fingerprint density at radius 1 is 0.113 bits per heavy atom. The van der Waals surface area contributed by atoms with Crippen molar-refractivity contribution in [3.05, 3.63) is 0 Å². The highest BCUT2D eigenvalue weighted by Gasteiger charge is 2.63. The third kappa shape index (κ3) is 22.6. The van der Waals surface area contributed by atoms with Crippen LogP contribution in [0.25, 0.3) is 0 Å². The first-order chi connectivity index (χ1) is 63.2. The lowest BCUT2D eigenvalue weighted by Crippen LogP contribution is -2.69. The van der Waals surface area contributed by atoms with Gasteiger partial charge in [0.15, 0.2) is 75.5 Å². The molecular weight excluding hydrogens is 1840 g/mol. The highest BCUT2D eigenvalue weighted by Crippen LogP contribution is 2.43. The maximum absolute atomic E-state index is 11.8. The fourth-order valence-corrected chi connectivity index (χ4v) is 17.4. The lowest BCUT2D eigenvalue weighted by molar-refractivity contribution is -0.402. The normalized spacial score (nSPS) is 53.8. The van der Waals surface area contributed by atoms with Crippen molar-refractivity contribution in [2.24, 2.45) is 0 Å². The van der Waals surface area contributed by atoms with Crippen LogP contribution in [0.1, 0.15) is 0 Å². The Morgan fingerprint density at radius 2 is 0.241 bits per heavy atom. The molecular formula is C72H122O61. The summed E-state index contributed by atoms with van der Waals surface area (Å²) in [6.07, 6.45) is -125. The first kappa shape index (κ1) is 109. The van der Waals surface area contributed by atoms with E-state index in [2.05, 4.69) is 0 Å². The molecule has 12 saturated heterocycles. The first-order valence-electron chi connectivity index (χ1n) is 42.2. The number of rotatable bonds is 34. The molecule has 0 radical (unpaired) electrons. The second-order valence-electron chi connectivity index (χ2n) is 33.6. The summed E-state index contributed by atoms with van der Waals surface area (Å²) in [5, 5.41) is 415. The summed E-state index contributed by atoms with van der Waals surface area (Å²) >= 11 is 0. The summed E-state index contributed by atoms with van der Waals surface area (Å²) in [6.45, 7) is -13.2. The van der Waals surface area contributed by atoms with Gasteiger partial charge in [0, 0.05) is 0 Å². The SMILES string of the molecule is OC[C@H]1O[C@H](O[C@@H]2[C@@H](O)[C@@H](O[C@H]3[C@H](O)[C@@H](O)[C@@H](O[C@H]4[C@H](O)[C@@H](O)[C@@H](O[C@@H]5[C@@H](O)[C@@H](O[C@H]6[C@H](O)[C@@H](O)[C@@H](O[C@H]7[C@H](O)[C@@H](O)[C@@H](O[C@H]8[C@H](O)[C@@H](O)[C@@H](O[C@@H]9[C@@H](O)[C@@H](O[C@H]%10[C@H](O)[C@@H](O)[C@@H](O[C@H]%11[C@H](O)[C@@H](O)[C@@H](O[C@H]%12[C@H](O)[C@@H](CO)OC(O)[C@@H]%12O)O[C@@H]%11CO)O[C@@H]%10CO)O[C@H](CO)[C@H]9O)O[C@@H]8CO)O[C@@H]7CO)O[C@@H]6CO)O[C@H](CO)[C@H]5O)O[C@@H]4CO)O[C@@H]3CO)O[C@H](CO)[C@H]2O)[C@H](O)[C@@H](O)[C@@H]1O. The molecule has 0 amide bonds. The van der Waals surface area contributed by atoms with Gasteiger partial charge in [0.05, 0.1) is 79.3 Å². The fraction of sp³-hybridized carbons (Fsp3) is 1.00. The highest BCUT2D eigenvalue weighted by atomic mass is 16.8. The van der Waals surface area contributed by atoms with E-state index in [0.29, 0.717) is 0 Å². The van der Waals surface area contributed by atoms with E-state index in [9.17, 15) is 194 Å². The molecule has 0 aromatic carbocycles. The smallest absolute Gasteiger partial charge is 0.187 e. The summed E-state index contributed by atoms with van der Waals surface area (Å²) in [5.74, 6) is 0. The zero-order valence-corrected chi connectivity index (χ0v) is 69.5. The molecule has 0 bridgehead atoms. The van der Waals surface area contributed by atoms with E-state index in [1.165, 1.54) is 0 Å². The zero-order valence-electron chi connectivity index (χ0n) is 69.5. The number of hydrogen-bond donors (Lipinski definition) is 38. The second kappa shape index (κ2) is 47.4. The number of hydrogen-bond acceptors (Lipinski definition) is 61. The Hall–Kier alpha value is -2.44. The van der Waals surface area contributed by atoms with Gasteiger partial charge in [0.25, 0.3) is 0 Å². The molecule has 61 nitrogen and oxygen atoms in total. The second-order valence-corrected chi connectivity index (χ2v) is 33.6. The van der Waals surface area contributed by atoms with Crippen LogP contribution in [-0.4, -0.2) is 642 Å². The minimum absolute atomic E-state index is 0.885. The number of ether oxygens (including phenoxy) is 23. The van der Waals surface area contributed by atoms with E-state index in [4.69, 9.17) is 109 Å². The quantitative estimate of drug-likeness (QED) is 0.0284. The zero-order chi connectivity index (χ0) is 97.4. The van der Waals surface area contributed by atoms with Crippen molar-refractivity contribution >= 4 is 0 Å². The summed E-state index contributed by atoms with van der Waals surface area (Å²) < 4.78 is 129. The molecule has 12 aliphatic heterocycles. The van der Waals surface area contributed by atoms with Gasteiger partial charge in [-0.1, -0.05) is 0 Å². The van der Waals surface area contributed by atoms with Gasteiger partial charge in [0.2, 0.25) is 0 Å². The summed E-state index contributed by atoms with van der Waals surface area (Å²) in [5.41, 5.74) is 0. The lowest BCUT2D eigenvalue weighted by Gasteiger charge is -2.50. The maximum atomic E-state index is 11.8. The maximum Gasteiger partial charge on any atom is 0.187 e. The molecule has 60 atom stereocenters. The largest absolute Gasteiger partial charge is 0.394 e. The van der Waals surface area contributed by atoms with Crippen LogP contribution in [-0.2, 0) is 109 Å². The van der Waals surface area contributed by atoms with E-state index in [0.717, 1.165) is 0 Å². The molecule has 12 rings (SSSR count). The van der Waals surface area contributed by atoms with Gasteiger partial charge in [-0.05, 0) is 0 Å². The van der Waals surface area contributed by atoms with Gasteiger partial charge < -0.3 is 303 Å². The van der Waals surface area contributed by atoms with Crippen LogP contribution in [0.5, 0.6) is 0 Å². The Morgan fingerprint density at radius 3 is 0.414 bits per heavy atom. The summed E-state index contributed by atoms with van der Waals surface area (Å²) in [6, 6.07) is 0. The number of aliphatic hydroxyl groups excluding tert-OH is 38. The molecule has 776 valence electrons. The molecule has 0 spiro atoms. The van der Waals surface area contributed by atoms with E-state index in [-0.39, 0.29) is 0 Å². The van der Waals surface area contributed by atoms with Gasteiger partial charge in [-0.25, -0.2) is 0 Å². The van der Waals surface area contributed by atoms with Crippen LogP contribution < -0.4 is 0 Å². The van der Waals surface area contributed by atoms with Gasteiger partial charge in [-0.2, -0.15) is 0 Å². The minimum atomic E-state index is -2.40. The minimum Gasteiger partial charge on any atom is -0.394 e. The first-order valence-corrected chi connectivity index (χ1v) is 42.2. The van der Waals surface area contributed by atoms with Crippen LogP contribution in [0.15, 0.2) is 0 Å². The van der Waals surface area contributed by atoms with Crippen molar-refractivity contribution in [3.8, 4) is 0 Å². The predicted octanol–water partition coefficient (Wildman–Crippen LogP) is -27.2. The molecule has 61 heteroatoms. The predicted molar refractivity (Wildman–Crippen MR) is 395 cm³/mol. The van der Waals surface area contributed by atoms with Crippen molar-refractivity contribution < 1.29 is 303 Å². The van der Waals surface area contributed by atoms with Crippen molar-refractivity contribution in [2.75, 3.05) is 79.3 Å². The van der Waals surface area contributed by atoms with Crippen molar-refractivity contribution in [1.82, 2.24) is 0 Å². The van der Waals surface area contributed by atoms with Crippen molar-refractivity contribution in [3.63, 3.8) is 0 Å². The Bertz CT molecular complexity index is 3450. The van der Waals surface area contributed by atoms with Gasteiger partial charge in [0.1, 0.15) is 293 Å². The Kier molecular flexibility index (Phi) is 39.0. The molecule has 12 aliphatic rings. The van der Waals surface area contributed by atoms with E-state index < -0.39 is 448 Å². The van der Waals surface area contributed by atoms with E-state index >= 15 is 0 Å². The Balaban J connectivity index is 0.627. The van der Waals surface area contributed by atoms with E-state index in [1.807, 2.05) is 0 Å². The molecule has 12 heterocycles. The Labute approximate surface area is 748 Å². The van der Waals surface area contributed by atoms with Crippen LogP contribution >= 0.6 is 0 Å². The monoisotopic (exact) mass is 1960 g/mol. The molecule has 0 saturated carbocycles. The standard InChI is InChI=1S/C72H122O61/c73-1-13-25(85)30(90)38(98)62(112-13)131-58-27(87)15(3-75)113-70(47(58)107)127-54-22(10-82)119-66(42(102)33(54)93)126-53-21(9-81)122-69(45(105)37(53)97)133-60-29(89)16(4-76)114-71(48(60)108)128-55-23(11-83)117-64(40(100)32(55)92)123-50-18(6-78)116-63(39(99)31(50)91)125-52-20(8-80)121-68(44(104)36(52)96)132-59-28(88)17(5-77)115-72(49(59)109)129-56-24(12-84)118-65(41(101)34(56)94)124-51-19(7-79)120-67(43(103)35(51)95)130-57-26(86)14(2-74)111-61(110)46(57)106/h13-110H,1-12H2/t13-,14-,15-,16-,17-,18-,19-,20-,21-,22-,23-,24-,25-,26-,27-,28-,29-,30+,31-,32-,33-,34-,35-,36-,37-,38-,39-,40-,41-,42-,43-,44-,45-,46-,47-,48-,49-,50-,51-,52-,53-,54-,55-,56-,57+,58+,59+,60+,61?,62-,63-,64-,65-,66-,67-,68-,69-,70-,71-,72-/m1/s1.